The molecule has 0 N–H and O–H groups in total. The second-order valence-electron chi connectivity index (χ2n) is 4.75. The van der Waals surface area contributed by atoms with Gasteiger partial charge in [0.15, 0.2) is 0 Å². The first kappa shape index (κ1) is 11.0. The van der Waals surface area contributed by atoms with Crippen LogP contribution in [0.5, 0.6) is 0 Å². The Hall–Kier alpha value is -2.09. The highest BCUT2D eigenvalue weighted by atomic mass is 16.1. The van der Waals surface area contributed by atoms with Crippen LogP contribution in [-0.2, 0) is 0 Å². The maximum Gasteiger partial charge on any atom is 0.228 e. The van der Waals surface area contributed by atoms with Gasteiger partial charge in [0, 0.05) is 18.0 Å². The van der Waals surface area contributed by atoms with E-state index in [1.54, 1.807) is 11.5 Å². The molecule has 1 aromatic heterocycles. The molecule has 2 aromatic carbocycles. The quantitative estimate of drug-likeness (QED) is 0.577. The Kier molecular flexibility index (Phi) is 2.27. The normalized spacial score (nSPS) is 11.3. The van der Waals surface area contributed by atoms with Gasteiger partial charge in [0.2, 0.25) is 5.91 Å². The average Bonchev–Trinajstić information content (AvgIpc) is 2.62. The summed E-state index contributed by atoms with van der Waals surface area (Å²) < 4.78 is 1.80. The topological polar surface area (TPSA) is 22.0 Å². The minimum Gasteiger partial charge on any atom is -0.284 e. The third-order valence-electron chi connectivity index (χ3n) is 3.72. The van der Waals surface area contributed by atoms with E-state index in [0.717, 1.165) is 11.2 Å². The largest absolute Gasteiger partial charge is 0.284 e. The molecule has 1 heterocycles. The lowest BCUT2D eigenvalue weighted by Gasteiger charge is -2.03. The lowest BCUT2D eigenvalue weighted by molar-refractivity contribution is 0.0939. The molecule has 0 saturated heterocycles. The lowest BCUT2D eigenvalue weighted by Crippen LogP contribution is -2.06. The van der Waals surface area contributed by atoms with Crippen molar-refractivity contribution in [3.63, 3.8) is 0 Å². The number of carbonyl (C=O) groups excluding carboxylic acids is 1. The molecule has 0 atom stereocenters. The van der Waals surface area contributed by atoms with Crippen LogP contribution >= 0.6 is 0 Å². The van der Waals surface area contributed by atoms with Gasteiger partial charge in [-0.3, -0.25) is 9.36 Å². The minimum atomic E-state index is 0.0703. The predicted molar refractivity (Wildman–Crippen MR) is 75.2 cm³/mol. The van der Waals surface area contributed by atoms with Gasteiger partial charge in [0.05, 0.1) is 5.52 Å². The molecule has 3 aromatic rings. The first-order valence-corrected chi connectivity index (χ1v) is 6.11. The Balaban J connectivity index is 2.60. The van der Waals surface area contributed by atoms with Crippen molar-refractivity contribution < 1.29 is 4.79 Å². The molecule has 0 spiro atoms. The zero-order chi connectivity index (χ0) is 12.9. The van der Waals surface area contributed by atoms with Gasteiger partial charge in [-0.15, -0.1) is 0 Å². The van der Waals surface area contributed by atoms with Crippen LogP contribution in [0.3, 0.4) is 0 Å². The highest BCUT2D eigenvalue weighted by Crippen LogP contribution is 2.31. The van der Waals surface area contributed by atoms with Crippen LogP contribution in [0.25, 0.3) is 21.7 Å². The van der Waals surface area contributed by atoms with E-state index in [4.69, 9.17) is 0 Å². The highest BCUT2D eigenvalue weighted by molar-refractivity contribution is 6.11. The van der Waals surface area contributed by atoms with Gasteiger partial charge in [-0.2, -0.15) is 0 Å². The summed E-state index contributed by atoms with van der Waals surface area (Å²) in [5, 5.41) is 3.63. The van der Waals surface area contributed by atoms with Crippen LogP contribution in [-0.4, -0.2) is 10.5 Å². The predicted octanol–water partition coefficient (Wildman–Crippen LogP) is 4.07. The monoisotopic (exact) mass is 237 g/mol. The van der Waals surface area contributed by atoms with Crippen molar-refractivity contribution in [2.24, 2.45) is 0 Å². The molecule has 3 rings (SSSR count). The SMILES string of the molecule is CC(=O)n1c(C)c(C)c2c3ccccc3ccc21. The van der Waals surface area contributed by atoms with Gasteiger partial charge in [-0.1, -0.05) is 30.3 Å². The fourth-order valence-electron chi connectivity index (χ4n) is 2.78. The van der Waals surface area contributed by atoms with Crippen molar-refractivity contribution in [2.75, 3.05) is 0 Å². The number of hydrogen-bond acceptors (Lipinski definition) is 1. The van der Waals surface area contributed by atoms with Crippen molar-refractivity contribution in [3.05, 3.63) is 47.7 Å². The van der Waals surface area contributed by atoms with Gasteiger partial charge < -0.3 is 0 Å². The first-order chi connectivity index (χ1) is 8.61. The molecular formula is C16H15NO. The van der Waals surface area contributed by atoms with E-state index in [1.807, 2.05) is 25.1 Å². The van der Waals surface area contributed by atoms with Crippen LogP contribution < -0.4 is 0 Å². The number of aryl methyl sites for hydroxylation is 1. The highest BCUT2D eigenvalue weighted by Gasteiger charge is 2.15. The molecule has 2 nitrogen and oxygen atoms in total. The van der Waals surface area contributed by atoms with Gasteiger partial charge in [-0.25, -0.2) is 0 Å². The van der Waals surface area contributed by atoms with E-state index >= 15 is 0 Å². The van der Waals surface area contributed by atoms with Crippen LogP contribution in [0.4, 0.5) is 0 Å². The standard InChI is InChI=1S/C16H15NO/c1-10-11(2)17(12(3)18)15-9-8-13-6-4-5-7-14(13)16(10)15/h4-9H,1-3H3. The van der Waals surface area contributed by atoms with E-state index in [0.29, 0.717) is 0 Å². The Morgan fingerprint density at radius 1 is 1.06 bits per heavy atom. The Labute approximate surface area is 106 Å². The van der Waals surface area contributed by atoms with E-state index in [-0.39, 0.29) is 5.91 Å². The molecule has 90 valence electrons. The summed E-state index contributed by atoms with van der Waals surface area (Å²) in [6.45, 7) is 5.70. The summed E-state index contributed by atoms with van der Waals surface area (Å²) in [6, 6.07) is 12.4. The van der Waals surface area contributed by atoms with Crippen molar-refractivity contribution in [3.8, 4) is 0 Å². The molecule has 0 saturated carbocycles. The fraction of sp³-hybridized carbons (Fsp3) is 0.188. The molecule has 18 heavy (non-hydrogen) atoms. The van der Waals surface area contributed by atoms with Crippen molar-refractivity contribution in [1.82, 2.24) is 4.57 Å². The molecule has 0 aliphatic carbocycles. The molecule has 0 aliphatic heterocycles. The summed E-state index contributed by atoms with van der Waals surface area (Å²) in [5.41, 5.74) is 3.24. The van der Waals surface area contributed by atoms with Crippen LogP contribution in [0.15, 0.2) is 36.4 Å². The third kappa shape index (κ3) is 1.32. The summed E-state index contributed by atoms with van der Waals surface area (Å²) >= 11 is 0. The molecule has 0 unspecified atom stereocenters. The number of carbonyl (C=O) groups is 1. The number of benzene rings is 2. The van der Waals surface area contributed by atoms with Crippen molar-refractivity contribution in [1.29, 1.82) is 0 Å². The first-order valence-electron chi connectivity index (χ1n) is 6.11. The van der Waals surface area contributed by atoms with E-state index in [1.165, 1.54) is 21.7 Å². The molecule has 0 aliphatic rings. The minimum absolute atomic E-state index is 0.0703. The van der Waals surface area contributed by atoms with Gasteiger partial charge >= 0.3 is 0 Å². The fourth-order valence-corrected chi connectivity index (χ4v) is 2.78. The zero-order valence-electron chi connectivity index (χ0n) is 10.8. The average molecular weight is 237 g/mol. The number of rotatable bonds is 0. The van der Waals surface area contributed by atoms with Crippen molar-refractivity contribution in [2.45, 2.75) is 20.8 Å². The van der Waals surface area contributed by atoms with Crippen LogP contribution in [0, 0.1) is 13.8 Å². The Morgan fingerprint density at radius 3 is 2.50 bits per heavy atom. The number of fused-ring (bicyclic) bond motifs is 3. The molecule has 0 amide bonds. The molecule has 2 heteroatoms. The van der Waals surface area contributed by atoms with Gasteiger partial charge in [-0.05, 0) is 36.2 Å². The molecule has 0 bridgehead atoms. The lowest BCUT2D eigenvalue weighted by atomic mass is 10.0. The zero-order valence-corrected chi connectivity index (χ0v) is 10.8. The van der Waals surface area contributed by atoms with E-state index in [2.05, 4.69) is 25.1 Å². The second-order valence-corrected chi connectivity index (χ2v) is 4.75. The molecule has 0 radical (unpaired) electrons. The van der Waals surface area contributed by atoms with Crippen molar-refractivity contribution >= 4 is 27.6 Å². The Bertz CT molecular complexity index is 780. The smallest absolute Gasteiger partial charge is 0.228 e. The van der Waals surface area contributed by atoms with E-state index < -0.39 is 0 Å². The third-order valence-corrected chi connectivity index (χ3v) is 3.72. The molecule has 0 fully saturated rings. The maximum absolute atomic E-state index is 11.8. The number of aromatic nitrogens is 1. The summed E-state index contributed by atoms with van der Waals surface area (Å²) in [7, 11) is 0. The van der Waals surface area contributed by atoms with Gasteiger partial charge in [0.1, 0.15) is 0 Å². The van der Waals surface area contributed by atoms with Crippen LogP contribution in [0.2, 0.25) is 0 Å². The van der Waals surface area contributed by atoms with E-state index in [9.17, 15) is 4.79 Å². The number of nitrogens with zero attached hydrogens (tertiary/aromatic N) is 1. The maximum atomic E-state index is 11.8. The summed E-state index contributed by atoms with van der Waals surface area (Å²) in [6.07, 6.45) is 0. The number of hydrogen-bond donors (Lipinski definition) is 0. The summed E-state index contributed by atoms with van der Waals surface area (Å²) in [5.74, 6) is 0.0703. The molecular weight excluding hydrogens is 222 g/mol. The Morgan fingerprint density at radius 2 is 1.78 bits per heavy atom. The van der Waals surface area contributed by atoms with Gasteiger partial charge in [0.25, 0.3) is 0 Å². The summed E-state index contributed by atoms with van der Waals surface area (Å²) in [4.78, 5) is 11.8. The van der Waals surface area contributed by atoms with Crippen LogP contribution in [0.1, 0.15) is 23.0 Å². The second kappa shape index (κ2) is 3.70.